The summed E-state index contributed by atoms with van der Waals surface area (Å²) in [5.41, 5.74) is 0.634. The number of hydrogen-bond acceptors (Lipinski definition) is 4. The van der Waals surface area contributed by atoms with Crippen LogP contribution < -0.4 is 15.7 Å². The van der Waals surface area contributed by atoms with E-state index in [1.807, 2.05) is 24.3 Å². The zero-order valence-electron chi connectivity index (χ0n) is 14.1. The molecule has 0 aliphatic rings. The summed E-state index contributed by atoms with van der Waals surface area (Å²) in [4.78, 5) is 23.6. The Balaban J connectivity index is 2.06. The van der Waals surface area contributed by atoms with Crippen LogP contribution in [0.15, 0.2) is 29.1 Å². The first-order valence-corrected chi connectivity index (χ1v) is 7.32. The molecule has 0 fully saturated rings. The largest absolute Gasteiger partial charge is 0.483 e. The predicted molar refractivity (Wildman–Crippen MR) is 87.7 cm³/mol. The van der Waals surface area contributed by atoms with Crippen molar-refractivity contribution in [3.8, 4) is 5.75 Å². The normalized spacial score (nSPS) is 11.3. The molecule has 0 atom stereocenters. The van der Waals surface area contributed by atoms with Crippen molar-refractivity contribution in [1.29, 1.82) is 0 Å². The van der Waals surface area contributed by atoms with Gasteiger partial charge in [-0.3, -0.25) is 14.7 Å². The highest BCUT2D eigenvalue weighted by Crippen LogP contribution is 2.30. The number of aromatic nitrogens is 3. The maximum atomic E-state index is 12.0. The molecule has 0 aliphatic carbocycles. The molecular weight excluding hydrogens is 296 g/mol. The number of anilines is 1. The third-order valence-electron chi connectivity index (χ3n) is 3.43. The highest BCUT2D eigenvalue weighted by atomic mass is 16.5. The minimum Gasteiger partial charge on any atom is -0.483 e. The summed E-state index contributed by atoms with van der Waals surface area (Å²) in [5.74, 6) is 0.489. The van der Waals surface area contributed by atoms with Crippen LogP contribution in [-0.2, 0) is 24.3 Å². The average molecular weight is 318 g/mol. The smallest absolute Gasteiger partial charge is 0.346 e. The van der Waals surface area contributed by atoms with Crippen LogP contribution in [0.4, 0.5) is 5.95 Å². The van der Waals surface area contributed by atoms with Crippen LogP contribution in [0.2, 0.25) is 0 Å². The fourth-order valence-corrected chi connectivity index (χ4v) is 2.18. The summed E-state index contributed by atoms with van der Waals surface area (Å²) in [5, 5.41) is 6.51. The van der Waals surface area contributed by atoms with Gasteiger partial charge in [-0.15, -0.1) is 5.10 Å². The molecule has 7 nitrogen and oxygen atoms in total. The van der Waals surface area contributed by atoms with Crippen LogP contribution in [-0.4, -0.2) is 26.9 Å². The number of carbonyl (C=O) groups is 1. The van der Waals surface area contributed by atoms with Crippen LogP contribution in [0.1, 0.15) is 26.3 Å². The second-order valence-corrected chi connectivity index (χ2v) is 6.37. The van der Waals surface area contributed by atoms with Crippen molar-refractivity contribution in [3.63, 3.8) is 0 Å². The molecule has 1 aromatic heterocycles. The molecule has 2 aromatic rings. The van der Waals surface area contributed by atoms with Gasteiger partial charge in [0.1, 0.15) is 5.75 Å². The number of benzene rings is 1. The van der Waals surface area contributed by atoms with E-state index in [4.69, 9.17) is 4.74 Å². The Labute approximate surface area is 134 Å². The van der Waals surface area contributed by atoms with Crippen LogP contribution >= 0.6 is 0 Å². The topological polar surface area (TPSA) is 78.2 Å². The van der Waals surface area contributed by atoms with Gasteiger partial charge >= 0.3 is 5.69 Å². The Hall–Kier alpha value is -2.57. The van der Waals surface area contributed by atoms with Gasteiger partial charge in [0.15, 0.2) is 6.61 Å². The van der Waals surface area contributed by atoms with E-state index in [0.29, 0.717) is 5.75 Å². The third kappa shape index (κ3) is 3.80. The average Bonchev–Trinajstić information content (AvgIpc) is 2.72. The number of nitrogens with one attached hydrogen (secondary N) is 1. The Morgan fingerprint density at radius 2 is 1.91 bits per heavy atom. The number of aryl methyl sites for hydroxylation is 1. The Kier molecular flexibility index (Phi) is 4.58. The van der Waals surface area contributed by atoms with Gasteiger partial charge in [-0.25, -0.2) is 9.48 Å². The van der Waals surface area contributed by atoms with Crippen molar-refractivity contribution in [3.05, 3.63) is 40.3 Å². The number of rotatable bonds is 4. The molecule has 0 unspecified atom stereocenters. The molecule has 2 rings (SSSR count). The highest BCUT2D eigenvalue weighted by molar-refractivity contribution is 5.90. The molecule has 0 spiro atoms. The lowest BCUT2D eigenvalue weighted by molar-refractivity contribution is -0.118. The molecule has 1 N–H and O–H groups in total. The molecule has 23 heavy (non-hydrogen) atoms. The molecular formula is C16H22N4O3. The minimum absolute atomic E-state index is 0.0854. The number of ether oxygens (including phenoxy) is 1. The molecule has 1 aromatic carbocycles. The van der Waals surface area contributed by atoms with Crippen LogP contribution in [0, 0.1) is 0 Å². The van der Waals surface area contributed by atoms with Crippen molar-refractivity contribution in [2.45, 2.75) is 26.2 Å². The monoisotopic (exact) mass is 318 g/mol. The lowest BCUT2D eigenvalue weighted by Crippen LogP contribution is -2.25. The first-order chi connectivity index (χ1) is 10.7. The minimum atomic E-state index is -0.373. The summed E-state index contributed by atoms with van der Waals surface area (Å²) in [7, 11) is 3.06. The van der Waals surface area contributed by atoms with Gasteiger partial charge in [0, 0.05) is 14.1 Å². The van der Waals surface area contributed by atoms with Gasteiger partial charge in [0.25, 0.3) is 5.91 Å². The van der Waals surface area contributed by atoms with Crippen LogP contribution in [0.5, 0.6) is 5.75 Å². The summed E-state index contributed by atoms with van der Waals surface area (Å²) in [6.45, 7) is 6.09. The summed E-state index contributed by atoms with van der Waals surface area (Å²) >= 11 is 0. The number of hydrogen-bond donors (Lipinski definition) is 1. The van der Waals surface area contributed by atoms with Crippen molar-refractivity contribution in [2.75, 3.05) is 11.9 Å². The Morgan fingerprint density at radius 1 is 1.26 bits per heavy atom. The van der Waals surface area contributed by atoms with E-state index < -0.39 is 0 Å². The van der Waals surface area contributed by atoms with E-state index >= 15 is 0 Å². The molecule has 0 saturated carbocycles. The lowest BCUT2D eigenvalue weighted by Gasteiger charge is -2.22. The number of amides is 1. The number of carbonyl (C=O) groups excluding carboxylic acids is 1. The SMILES string of the molecule is Cn1nc(NC(=O)COc2ccccc2C(C)(C)C)n(C)c1=O. The summed E-state index contributed by atoms with van der Waals surface area (Å²) in [6, 6.07) is 7.63. The first kappa shape index (κ1) is 16.8. The number of nitrogens with zero attached hydrogens (tertiary/aromatic N) is 3. The van der Waals surface area contributed by atoms with Crippen molar-refractivity contribution < 1.29 is 9.53 Å². The second-order valence-electron chi connectivity index (χ2n) is 6.37. The van der Waals surface area contributed by atoms with Gasteiger partial charge in [-0.2, -0.15) is 0 Å². The van der Waals surface area contributed by atoms with Crippen molar-refractivity contribution >= 4 is 11.9 Å². The summed E-state index contributed by atoms with van der Waals surface area (Å²) < 4.78 is 8.06. The zero-order valence-corrected chi connectivity index (χ0v) is 14.1. The number of para-hydroxylation sites is 1. The fraction of sp³-hybridized carbons (Fsp3) is 0.438. The van der Waals surface area contributed by atoms with E-state index in [9.17, 15) is 9.59 Å². The molecule has 0 bridgehead atoms. The van der Waals surface area contributed by atoms with Gasteiger partial charge in [0.05, 0.1) is 0 Å². The first-order valence-electron chi connectivity index (χ1n) is 7.32. The van der Waals surface area contributed by atoms with E-state index in [2.05, 4.69) is 31.2 Å². The summed E-state index contributed by atoms with van der Waals surface area (Å²) in [6.07, 6.45) is 0. The van der Waals surface area contributed by atoms with Crippen molar-refractivity contribution in [2.24, 2.45) is 14.1 Å². The molecule has 1 amide bonds. The van der Waals surface area contributed by atoms with Gasteiger partial charge in [-0.05, 0) is 17.0 Å². The van der Waals surface area contributed by atoms with Gasteiger partial charge in [0.2, 0.25) is 5.95 Å². The van der Waals surface area contributed by atoms with E-state index in [0.717, 1.165) is 10.2 Å². The molecule has 0 saturated heterocycles. The molecule has 124 valence electrons. The molecule has 7 heteroatoms. The molecule has 0 aliphatic heterocycles. The Bertz CT molecular complexity index is 768. The maximum absolute atomic E-state index is 12.0. The van der Waals surface area contributed by atoms with Gasteiger partial charge < -0.3 is 4.74 Å². The van der Waals surface area contributed by atoms with E-state index in [1.165, 1.54) is 11.6 Å². The lowest BCUT2D eigenvalue weighted by atomic mass is 9.86. The fourth-order valence-electron chi connectivity index (χ4n) is 2.18. The van der Waals surface area contributed by atoms with Crippen molar-refractivity contribution in [1.82, 2.24) is 14.3 Å². The molecule has 1 heterocycles. The van der Waals surface area contributed by atoms with Crippen LogP contribution in [0.25, 0.3) is 0 Å². The highest BCUT2D eigenvalue weighted by Gasteiger charge is 2.19. The quantitative estimate of drug-likeness (QED) is 0.925. The second kappa shape index (κ2) is 6.28. The standard InChI is InChI=1S/C16H22N4O3/c1-16(2,3)11-8-6-7-9-12(11)23-10-13(21)17-14-18-20(5)15(22)19(14)4/h6-9H,10H2,1-5H3,(H,17,18,21). The third-order valence-corrected chi connectivity index (χ3v) is 3.43. The predicted octanol–water partition coefficient (Wildman–Crippen LogP) is 1.43. The molecule has 0 radical (unpaired) electrons. The van der Waals surface area contributed by atoms with Crippen LogP contribution in [0.3, 0.4) is 0 Å². The maximum Gasteiger partial charge on any atom is 0.346 e. The Morgan fingerprint density at radius 3 is 2.48 bits per heavy atom. The zero-order chi connectivity index (χ0) is 17.2. The van der Waals surface area contributed by atoms with E-state index in [-0.39, 0.29) is 29.6 Å². The van der Waals surface area contributed by atoms with E-state index in [1.54, 1.807) is 7.05 Å². The van der Waals surface area contributed by atoms with Gasteiger partial charge in [-0.1, -0.05) is 39.0 Å².